The van der Waals surface area contributed by atoms with Crippen LogP contribution in [0.4, 0.5) is 0 Å². The minimum atomic E-state index is 0.925. The molecular weight excluding hydrogens is 198 g/mol. The lowest BCUT2D eigenvalue weighted by Crippen LogP contribution is -1.86. The second-order valence-electron chi connectivity index (χ2n) is 3.52. The summed E-state index contributed by atoms with van der Waals surface area (Å²) in [5.41, 5.74) is 2.91. The second kappa shape index (κ2) is 3.70. The van der Waals surface area contributed by atoms with Gasteiger partial charge in [-0.2, -0.15) is 10.2 Å². The highest BCUT2D eigenvalue weighted by atomic mass is 15.1. The van der Waals surface area contributed by atoms with Gasteiger partial charge in [-0.25, -0.2) is 4.98 Å². The predicted octanol–water partition coefficient (Wildman–Crippen LogP) is 2.69. The molecule has 16 heavy (non-hydrogen) atoms. The second-order valence-corrected chi connectivity index (χ2v) is 3.52. The summed E-state index contributed by atoms with van der Waals surface area (Å²) in [5.74, 6) is 0. The van der Waals surface area contributed by atoms with Gasteiger partial charge in [0.2, 0.25) is 0 Å². The first-order chi connectivity index (χ1) is 7.93. The van der Waals surface area contributed by atoms with E-state index in [9.17, 15) is 0 Å². The molecule has 0 atom stereocenters. The molecule has 2 aromatic heterocycles. The van der Waals surface area contributed by atoms with Gasteiger partial charge in [0.05, 0.1) is 23.6 Å². The van der Waals surface area contributed by atoms with Gasteiger partial charge in [-0.3, -0.25) is 0 Å². The highest BCUT2D eigenvalue weighted by molar-refractivity contribution is 5.81. The molecule has 2 heterocycles. The molecule has 0 bridgehead atoms. The average molecular weight is 207 g/mol. The first kappa shape index (κ1) is 8.97. The Morgan fingerprint density at radius 2 is 1.75 bits per heavy atom. The number of para-hydroxylation sites is 1. The number of pyridine rings is 1. The Morgan fingerprint density at radius 1 is 0.812 bits per heavy atom. The van der Waals surface area contributed by atoms with Crippen LogP contribution in [0.15, 0.2) is 54.9 Å². The summed E-state index contributed by atoms with van der Waals surface area (Å²) in [4.78, 5) is 4.58. The fourth-order valence-corrected chi connectivity index (χ4v) is 1.67. The minimum Gasteiger partial charge on any atom is -0.248 e. The van der Waals surface area contributed by atoms with Crippen molar-refractivity contribution >= 4 is 10.9 Å². The van der Waals surface area contributed by atoms with Crippen molar-refractivity contribution in [2.75, 3.05) is 0 Å². The van der Waals surface area contributed by atoms with Crippen molar-refractivity contribution in [1.82, 2.24) is 15.2 Å². The maximum Gasteiger partial charge on any atom is 0.0726 e. The van der Waals surface area contributed by atoms with E-state index in [1.54, 1.807) is 12.4 Å². The Labute approximate surface area is 92.8 Å². The monoisotopic (exact) mass is 207 g/mol. The van der Waals surface area contributed by atoms with Crippen LogP contribution in [0.2, 0.25) is 0 Å². The molecule has 0 saturated carbocycles. The van der Waals surface area contributed by atoms with Gasteiger partial charge in [0.15, 0.2) is 0 Å². The van der Waals surface area contributed by atoms with Crippen molar-refractivity contribution in [3.8, 4) is 11.3 Å². The van der Waals surface area contributed by atoms with Gasteiger partial charge in [0, 0.05) is 10.9 Å². The normalized spacial score (nSPS) is 10.5. The fourth-order valence-electron chi connectivity index (χ4n) is 1.67. The third-order valence-electron chi connectivity index (χ3n) is 2.48. The number of nitrogens with zero attached hydrogens (tertiary/aromatic N) is 3. The van der Waals surface area contributed by atoms with E-state index >= 15 is 0 Å². The number of hydrogen-bond acceptors (Lipinski definition) is 3. The first-order valence-electron chi connectivity index (χ1n) is 5.06. The molecule has 0 aliphatic rings. The summed E-state index contributed by atoms with van der Waals surface area (Å²) in [7, 11) is 0. The molecule has 0 radical (unpaired) electrons. The van der Waals surface area contributed by atoms with E-state index < -0.39 is 0 Å². The molecule has 3 rings (SSSR count). The first-order valence-corrected chi connectivity index (χ1v) is 5.06. The molecule has 0 amide bonds. The van der Waals surface area contributed by atoms with Crippen LogP contribution in [-0.2, 0) is 0 Å². The van der Waals surface area contributed by atoms with E-state index in [4.69, 9.17) is 0 Å². The Kier molecular flexibility index (Phi) is 2.07. The van der Waals surface area contributed by atoms with Gasteiger partial charge in [-0.15, -0.1) is 0 Å². The molecule has 0 saturated heterocycles. The van der Waals surface area contributed by atoms with Crippen LogP contribution in [0.1, 0.15) is 0 Å². The highest BCUT2D eigenvalue weighted by Gasteiger charge is 2.00. The lowest BCUT2D eigenvalue weighted by Gasteiger charge is -2.01. The van der Waals surface area contributed by atoms with Crippen LogP contribution in [0, 0.1) is 0 Å². The zero-order valence-corrected chi connectivity index (χ0v) is 8.54. The fraction of sp³-hybridized carbons (Fsp3) is 0. The van der Waals surface area contributed by atoms with Crippen LogP contribution >= 0.6 is 0 Å². The van der Waals surface area contributed by atoms with E-state index in [2.05, 4.69) is 27.3 Å². The summed E-state index contributed by atoms with van der Waals surface area (Å²) in [6.07, 6.45) is 3.39. The zero-order valence-electron chi connectivity index (χ0n) is 8.54. The Bertz CT molecular complexity index is 620. The van der Waals surface area contributed by atoms with Crippen LogP contribution in [-0.4, -0.2) is 15.2 Å². The molecule has 3 heteroatoms. The summed E-state index contributed by atoms with van der Waals surface area (Å²) in [6, 6.07) is 14.0. The van der Waals surface area contributed by atoms with E-state index in [-0.39, 0.29) is 0 Å². The van der Waals surface area contributed by atoms with E-state index in [0.717, 1.165) is 22.2 Å². The predicted molar refractivity (Wildman–Crippen MR) is 62.8 cm³/mol. The number of benzene rings is 1. The number of rotatable bonds is 1. The maximum absolute atomic E-state index is 4.58. The standard InChI is InChI=1S/C13H9N3/c1-2-4-12-10(3-1)5-6-13(16-12)11-7-8-14-15-9-11/h1-9H. The SMILES string of the molecule is c1ccc2nc(-c3ccnnc3)ccc2c1. The van der Waals surface area contributed by atoms with Crippen molar-refractivity contribution < 1.29 is 0 Å². The quantitative estimate of drug-likeness (QED) is 0.615. The summed E-state index contributed by atoms with van der Waals surface area (Å²) in [6.45, 7) is 0. The largest absolute Gasteiger partial charge is 0.248 e. The zero-order chi connectivity index (χ0) is 10.8. The van der Waals surface area contributed by atoms with Gasteiger partial charge in [-0.05, 0) is 18.2 Å². The van der Waals surface area contributed by atoms with Crippen LogP contribution in [0.3, 0.4) is 0 Å². The van der Waals surface area contributed by atoms with Crippen molar-refractivity contribution in [3.63, 3.8) is 0 Å². The third kappa shape index (κ3) is 1.52. The van der Waals surface area contributed by atoms with Gasteiger partial charge < -0.3 is 0 Å². The molecule has 1 aromatic carbocycles. The lowest BCUT2D eigenvalue weighted by atomic mass is 10.1. The summed E-state index contributed by atoms with van der Waals surface area (Å²) in [5, 5.41) is 8.75. The van der Waals surface area contributed by atoms with Crippen molar-refractivity contribution in [1.29, 1.82) is 0 Å². The topological polar surface area (TPSA) is 38.7 Å². The van der Waals surface area contributed by atoms with E-state index in [0.29, 0.717) is 0 Å². The van der Waals surface area contributed by atoms with Gasteiger partial charge in [-0.1, -0.05) is 24.3 Å². The molecule has 0 unspecified atom stereocenters. The van der Waals surface area contributed by atoms with Crippen LogP contribution < -0.4 is 0 Å². The Balaban J connectivity index is 2.19. The molecule has 3 aromatic rings. The van der Waals surface area contributed by atoms with Crippen molar-refractivity contribution in [3.05, 3.63) is 54.9 Å². The van der Waals surface area contributed by atoms with Crippen LogP contribution in [0.25, 0.3) is 22.2 Å². The number of fused-ring (bicyclic) bond motifs is 1. The van der Waals surface area contributed by atoms with Gasteiger partial charge in [0.1, 0.15) is 0 Å². The highest BCUT2D eigenvalue weighted by Crippen LogP contribution is 2.19. The lowest BCUT2D eigenvalue weighted by molar-refractivity contribution is 1.03. The smallest absolute Gasteiger partial charge is 0.0726 e. The molecule has 0 spiro atoms. The van der Waals surface area contributed by atoms with Crippen molar-refractivity contribution in [2.45, 2.75) is 0 Å². The average Bonchev–Trinajstić information content (AvgIpc) is 2.39. The van der Waals surface area contributed by atoms with Crippen LogP contribution in [0.5, 0.6) is 0 Å². The van der Waals surface area contributed by atoms with Crippen molar-refractivity contribution in [2.24, 2.45) is 0 Å². The molecule has 76 valence electrons. The summed E-state index contributed by atoms with van der Waals surface area (Å²) < 4.78 is 0. The number of hydrogen-bond donors (Lipinski definition) is 0. The molecule has 0 N–H and O–H groups in total. The molecule has 0 aliphatic heterocycles. The molecule has 0 fully saturated rings. The van der Waals surface area contributed by atoms with Gasteiger partial charge in [0.25, 0.3) is 0 Å². The molecule has 3 nitrogen and oxygen atoms in total. The van der Waals surface area contributed by atoms with E-state index in [1.165, 1.54) is 0 Å². The maximum atomic E-state index is 4.58. The molecular formula is C13H9N3. The third-order valence-corrected chi connectivity index (χ3v) is 2.48. The Morgan fingerprint density at radius 3 is 2.62 bits per heavy atom. The van der Waals surface area contributed by atoms with Gasteiger partial charge >= 0.3 is 0 Å². The Hall–Kier alpha value is -2.29. The number of aromatic nitrogens is 3. The minimum absolute atomic E-state index is 0.925. The summed E-state index contributed by atoms with van der Waals surface area (Å²) >= 11 is 0. The molecule has 0 aliphatic carbocycles. The van der Waals surface area contributed by atoms with E-state index in [1.807, 2.05) is 30.3 Å².